The van der Waals surface area contributed by atoms with E-state index < -0.39 is 17.2 Å². The average Bonchev–Trinajstić information content (AvgIpc) is 2.59. The van der Waals surface area contributed by atoms with Gasteiger partial charge in [-0.05, 0) is 43.7 Å². The molecule has 2 aromatic carbocycles. The molecule has 0 fully saturated rings. The highest BCUT2D eigenvalue weighted by atomic mass is 35.5. The molecule has 0 saturated carbocycles. The highest BCUT2D eigenvalue weighted by Crippen LogP contribution is 2.20. The third-order valence-electron chi connectivity index (χ3n) is 3.83. The second-order valence-electron chi connectivity index (χ2n) is 5.78. The third-order valence-corrected chi connectivity index (χ3v) is 4.15. The normalized spacial score (nSPS) is 10.6. The number of rotatable bonds is 3. The van der Waals surface area contributed by atoms with Crippen LogP contribution in [0.4, 0.5) is 10.1 Å². The van der Waals surface area contributed by atoms with Crippen molar-refractivity contribution in [1.29, 1.82) is 0 Å². The van der Waals surface area contributed by atoms with E-state index in [1.807, 2.05) is 0 Å². The number of hydrogen-bond donors (Lipinski definition) is 1. The van der Waals surface area contributed by atoms with Crippen molar-refractivity contribution in [2.24, 2.45) is 0 Å². The van der Waals surface area contributed by atoms with Crippen molar-refractivity contribution in [1.82, 2.24) is 9.78 Å². The Hall–Kier alpha value is -2.99. The Labute approximate surface area is 154 Å². The molecule has 1 aromatic heterocycles. The van der Waals surface area contributed by atoms with Crippen LogP contribution in [0.3, 0.4) is 0 Å². The molecule has 3 rings (SSSR count). The van der Waals surface area contributed by atoms with E-state index in [9.17, 15) is 14.0 Å². The van der Waals surface area contributed by atoms with Crippen LogP contribution < -0.4 is 10.7 Å². The number of halogens is 2. The zero-order valence-electron chi connectivity index (χ0n) is 14.1. The molecular formula is C19H15ClFN3O2. The first-order chi connectivity index (χ1) is 12.4. The molecule has 0 bridgehead atoms. The van der Waals surface area contributed by atoms with E-state index >= 15 is 0 Å². The van der Waals surface area contributed by atoms with Gasteiger partial charge in [0.2, 0.25) is 5.43 Å². The van der Waals surface area contributed by atoms with Crippen molar-refractivity contribution >= 4 is 23.2 Å². The van der Waals surface area contributed by atoms with E-state index in [1.54, 1.807) is 44.2 Å². The number of anilines is 1. The van der Waals surface area contributed by atoms with Crippen LogP contribution in [0, 0.1) is 19.7 Å². The van der Waals surface area contributed by atoms with Crippen molar-refractivity contribution in [3.05, 3.63) is 86.5 Å². The lowest BCUT2D eigenvalue weighted by molar-refractivity contribution is 0.101. The minimum Gasteiger partial charge on any atom is -0.320 e. The van der Waals surface area contributed by atoms with Gasteiger partial charge in [0.15, 0.2) is 5.69 Å². The van der Waals surface area contributed by atoms with Crippen molar-refractivity contribution in [2.75, 3.05) is 5.32 Å². The van der Waals surface area contributed by atoms with Gasteiger partial charge in [-0.1, -0.05) is 29.8 Å². The van der Waals surface area contributed by atoms with E-state index in [0.29, 0.717) is 22.0 Å². The molecular weight excluding hydrogens is 357 g/mol. The maximum atomic E-state index is 13.6. The van der Waals surface area contributed by atoms with Crippen molar-refractivity contribution in [3.63, 3.8) is 0 Å². The minimum absolute atomic E-state index is 0.240. The zero-order chi connectivity index (χ0) is 18.8. The molecule has 132 valence electrons. The number of carbonyl (C=O) groups excluding carboxylic acids is 1. The Bertz CT molecular complexity index is 1060. The summed E-state index contributed by atoms with van der Waals surface area (Å²) in [5.74, 6) is -1.17. The van der Waals surface area contributed by atoms with Gasteiger partial charge >= 0.3 is 0 Å². The summed E-state index contributed by atoms with van der Waals surface area (Å²) in [7, 11) is 0. The number of hydrogen-bond acceptors (Lipinski definition) is 3. The largest absolute Gasteiger partial charge is 0.320 e. The molecule has 0 unspecified atom stereocenters. The van der Waals surface area contributed by atoms with E-state index in [2.05, 4.69) is 10.4 Å². The number of benzene rings is 2. The number of carbonyl (C=O) groups is 1. The number of aromatic nitrogens is 2. The first-order valence-electron chi connectivity index (χ1n) is 7.80. The summed E-state index contributed by atoms with van der Waals surface area (Å²) < 4.78 is 15.1. The Morgan fingerprint density at radius 2 is 1.88 bits per heavy atom. The van der Waals surface area contributed by atoms with Crippen LogP contribution in [-0.4, -0.2) is 15.7 Å². The van der Waals surface area contributed by atoms with Gasteiger partial charge in [0.25, 0.3) is 5.91 Å². The van der Waals surface area contributed by atoms with Crippen molar-refractivity contribution < 1.29 is 9.18 Å². The molecule has 0 aliphatic rings. The standard InChI is InChI=1S/C19H15ClFN3O2/c1-11-7-8-13(10-15(11)21)22-19(26)18-17(25)9-12(2)24(23-18)16-6-4-3-5-14(16)20/h3-10H,1-2H3,(H,22,26). The van der Waals surface area contributed by atoms with Crippen LogP contribution in [0.2, 0.25) is 5.02 Å². The highest BCUT2D eigenvalue weighted by Gasteiger charge is 2.17. The molecule has 0 saturated heterocycles. The molecule has 7 heteroatoms. The van der Waals surface area contributed by atoms with Gasteiger partial charge in [-0.15, -0.1) is 0 Å². The lowest BCUT2D eigenvalue weighted by Gasteiger charge is -2.12. The summed E-state index contributed by atoms with van der Waals surface area (Å²) in [6, 6.07) is 12.5. The predicted octanol–water partition coefficient (Wildman–Crippen LogP) is 3.89. The monoisotopic (exact) mass is 371 g/mol. The van der Waals surface area contributed by atoms with Crippen LogP contribution in [0.1, 0.15) is 21.7 Å². The van der Waals surface area contributed by atoms with Crippen LogP contribution in [-0.2, 0) is 0 Å². The summed E-state index contributed by atoms with van der Waals surface area (Å²) in [6.45, 7) is 3.31. The number of aryl methyl sites for hydroxylation is 2. The van der Waals surface area contributed by atoms with Crippen LogP contribution in [0.25, 0.3) is 5.69 Å². The maximum absolute atomic E-state index is 13.6. The zero-order valence-corrected chi connectivity index (χ0v) is 14.8. The van der Waals surface area contributed by atoms with Gasteiger partial charge in [-0.25, -0.2) is 9.07 Å². The van der Waals surface area contributed by atoms with E-state index in [0.717, 1.165) is 0 Å². The average molecular weight is 372 g/mol. The van der Waals surface area contributed by atoms with Crippen LogP contribution in [0.15, 0.2) is 53.3 Å². The van der Waals surface area contributed by atoms with E-state index in [4.69, 9.17) is 11.6 Å². The summed E-state index contributed by atoms with van der Waals surface area (Å²) in [5, 5.41) is 7.07. The molecule has 1 heterocycles. The number of nitrogens with one attached hydrogen (secondary N) is 1. The smallest absolute Gasteiger partial charge is 0.280 e. The van der Waals surface area contributed by atoms with Gasteiger partial charge in [-0.3, -0.25) is 9.59 Å². The summed E-state index contributed by atoms with van der Waals surface area (Å²) in [4.78, 5) is 24.7. The van der Waals surface area contributed by atoms with Gasteiger partial charge in [0, 0.05) is 17.4 Å². The van der Waals surface area contributed by atoms with E-state index in [-0.39, 0.29) is 11.4 Å². The lowest BCUT2D eigenvalue weighted by Crippen LogP contribution is -2.27. The molecule has 5 nitrogen and oxygen atoms in total. The highest BCUT2D eigenvalue weighted by molar-refractivity contribution is 6.32. The predicted molar refractivity (Wildman–Crippen MR) is 98.7 cm³/mol. The molecule has 0 spiro atoms. The topological polar surface area (TPSA) is 64.0 Å². The van der Waals surface area contributed by atoms with Gasteiger partial charge in [-0.2, -0.15) is 5.10 Å². The molecule has 3 aromatic rings. The molecule has 0 aliphatic carbocycles. The SMILES string of the molecule is Cc1ccc(NC(=O)c2nn(-c3ccccc3Cl)c(C)cc2=O)cc1F. The van der Waals surface area contributed by atoms with Gasteiger partial charge in [0.1, 0.15) is 5.82 Å². The summed E-state index contributed by atoms with van der Waals surface area (Å²) in [6.07, 6.45) is 0. The maximum Gasteiger partial charge on any atom is 0.280 e. The van der Waals surface area contributed by atoms with E-state index in [1.165, 1.54) is 22.9 Å². The fourth-order valence-corrected chi connectivity index (χ4v) is 2.65. The number of amides is 1. The Kier molecular flexibility index (Phi) is 4.86. The van der Waals surface area contributed by atoms with Gasteiger partial charge in [0.05, 0.1) is 10.7 Å². The Balaban J connectivity index is 2.01. The van der Waals surface area contributed by atoms with Gasteiger partial charge < -0.3 is 5.32 Å². The minimum atomic E-state index is -0.723. The molecule has 0 atom stereocenters. The fraction of sp³-hybridized carbons (Fsp3) is 0.105. The lowest BCUT2D eigenvalue weighted by atomic mass is 10.2. The first kappa shape index (κ1) is 17.8. The van der Waals surface area contributed by atoms with Crippen molar-refractivity contribution in [3.8, 4) is 5.69 Å². The summed E-state index contributed by atoms with van der Waals surface area (Å²) >= 11 is 6.18. The number of nitrogens with zero attached hydrogens (tertiary/aromatic N) is 2. The Morgan fingerprint density at radius 1 is 1.15 bits per heavy atom. The first-order valence-corrected chi connectivity index (χ1v) is 8.18. The second-order valence-corrected chi connectivity index (χ2v) is 6.19. The molecule has 0 aliphatic heterocycles. The van der Waals surface area contributed by atoms with Crippen LogP contribution >= 0.6 is 11.6 Å². The molecule has 0 radical (unpaired) electrons. The second kappa shape index (κ2) is 7.09. The third kappa shape index (κ3) is 3.50. The molecule has 26 heavy (non-hydrogen) atoms. The van der Waals surface area contributed by atoms with Crippen molar-refractivity contribution in [2.45, 2.75) is 13.8 Å². The fourth-order valence-electron chi connectivity index (χ4n) is 2.43. The molecule has 1 amide bonds. The summed E-state index contributed by atoms with van der Waals surface area (Å²) in [5.41, 5.74) is 0.928. The number of para-hydroxylation sites is 1. The Morgan fingerprint density at radius 3 is 2.58 bits per heavy atom. The quantitative estimate of drug-likeness (QED) is 0.759. The molecule has 1 N–H and O–H groups in total. The van der Waals surface area contributed by atoms with Crippen LogP contribution in [0.5, 0.6) is 0 Å².